The maximum atomic E-state index is 11.9. The summed E-state index contributed by atoms with van der Waals surface area (Å²) in [6.07, 6.45) is 6.35. The Morgan fingerprint density at radius 2 is 2.05 bits per heavy atom. The molecule has 1 aliphatic rings. The molecule has 0 spiro atoms. The third-order valence-electron chi connectivity index (χ3n) is 3.92. The molecule has 0 bridgehead atoms. The van der Waals surface area contributed by atoms with Gasteiger partial charge in [-0.25, -0.2) is 0 Å². The number of esters is 1. The fourth-order valence-electron chi connectivity index (χ4n) is 2.83. The van der Waals surface area contributed by atoms with Gasteiger partial charge in [-0.15, -0.1) is 0 Å². The molecule has 0 aromatic carbocycles. The quantitative estimate of drug-likeness (QED) is 0.697. The summed E-state index contributed by atoms with van der Waals surface area (Å²) in [5.41, 5.74) is 0. The van der Waals surface area contributed by atoms with Crippen LogP contribution in [0.4, 0.5) is 0 Å². The van der Waals surface area contributed by atoms with Crippen LogP contribution in [0, 0.1) is 5.92 Å². The van der Waals surface area contributed by atoms with E-state index >= 15 is 0 Å². The molecule has 1 fully saturated rings. The molecule has 0 aliphatic heterocycles. The van der Waals surface area contributed by atoms with Crippen LogP contribution < -0.4 is 5.32 Å². The molecule has 3 atom stereocenters. The lowest BCUT2D eigenvalue weighted by molar-refractivity contribution is -0.148. The van der Waals surface area contributed by atoms with Crippen molar-refractivity contribution >= 4 is 5.97 Å². The molecule has 1 aliphatic carbocycles. The molecule has 3 unspecified atom stereocenters. The zero-order valence-electron chi connectivity index (χ0n) is 13.5. The van der Waals surface area contributed by atoms with Crippen LogP contribution >= 0.6 is 0 Å². The number of carbonyl (C=O) groups is 1. The minimum absolute atomic E-state index is 0.205. The van der Waals surface area contributed by atoms with Gasteiger partial charge in [0.1, 0.15) is 6.04 Å². The topological polar surface area (TPSA) is 47.6 Å². The molecular formula is C16H31NO3. The van der Waals surface area contributed by atoms with E-state index < -0.39 is 0 Å². The molecule has 0 aromatic heterocycles. The first kappa shape index (κ1) is 17.4. The van der Waals surface area contributed by atoms with Gasteiger partial charge in [0.15, 0.2) is 0 Å². The molecule has 4 heteroatoms. The van der Waals surface area contributed by atoms with Crippen LogP contribution in [0.3, 0.4) is 0 Å². The van der Waals surface area contributed by atoms with E-state index in [-0.39, 0.29) is 18.1 Å². The van der Waals surface area contributed by atoms with E-state index in [2.05, 4.69) is 12.2 Å². The lowest BCUT2D eigenvalue weighted by Gasteiger charge is -2.30. The fourth-order valence-corrected chi connectivity index (χ4v) is 2.83. The summed E-state index contributed by atoms with van der Waals surface area (Å²) in [6.45, 7) is 8.96. The first-order chi connectivity index (χ1) is 9.56. The molecular weight excluding hydrogens is 254 g/mol. The number of hydrogen-bond donors (Lipinski definition) is 1. The van der Waals surface area contributed by atoms with Gasteiger partial charge in [0.05, 0.1) is 19.3 Å². The van der Waals surface area contributed by atoms with Crippen molar-refractivity contribution in [2.45, 2.75) is 78.0 Å². The van der Waals surface area contributed by atoms with Gasteiger partial charge < -0.3 is 14.8 Å². The van der Waals surface area contributed by atoms with Gasteiger partial charge in [-0.3, -0.25) is 4.79 Å². The molecule has 0 saturated heterocycles. The smallest absolute Gasteiger partial charge is 0.325 e. The summed E-state index contributed by atoms with van der Waals surface area (Å²) in [5, 5.41) is 3.23. The normalized spacial score (nSPS) is 24.6. The average Bonchev–Trinajstić information content (AvgIpc) is 2.43. The SMILES string of the molecule is CCOC(=O)C(COC1CCCC(CC)C1)NC(C)C. The second-order valence-corrected chi connectivity index (χ2v) is 6.02. The van der Waals surface area contributed by atoms with E-state index in [4.69, 9.17) is 9.47 Å². The van der Waals surface area contributed by atoms with Crippen LogP contribution in [0.1, 0.15) is 59.8 Å². The van der Waals surface area contributed by atoms with Crippen molar-refractivity contribution in [1.29, 1.82) is 0 Å². The van der Waals surface area contributed by atoms with Gasteiger partial charge in [-0.2, -0.15) is 0 Å². The van der Waals surface area contributed by atoms with Crippen molar-refractivity contribution in [3.63, 3.8) is 0 Å². The summed E-state index contributed by atoms with van der Waals surface area (Å²) in [7, 11) is 0. The van der Waals surface area contributed by atoms with Gasteiger partial charge >= 0.3 is 5.97 Å². The van der Waals surface area contributed by atoms with E-state index in [1.165, 1.54) is 19.3 Å². The molecule has 1 N–H and O–H groups in total. The third-order valence-corrected chi connectivity index (χ3v) is 3.92. The maximum absolute atomic E-state index is 11.9. The highest BCUT2D eigenvalue weighted by molar-refractivity contribution is 5.75. The van der Waals surface area contributed by atoms with Crippen molar-refractivity contribution < 1.29 is 14.3 Å². The Morgan fingerprint density at radius 1 is 1.30 bits per heavy atom. The lowest BCUT2D eigenvalue weighted by atomic mass is 9.85. The second kappa shape index (κ2) is 9.35. The molecule has 0 heterocycles. The van der Waals surface area contributed by atoms with E-state index in [1.54, 1.807) is 0 Å². The van der Waals surface area contributed by atoms with Gasteiger partial charge in [0, 0.05) is 6.04 Å². The Bertz CT molecular complexity index is 281. The first-order valence-corrected chi connectivity index (χ1v) is 8.11. The molecule has 0 amide bonds. The Hall–Kier alpha value is -0.610. The van der Waals surface area contributed by atoms with Crippen molar-refractivity contribution in [3.8, 4) is 0 Å². The van der Waals surface area contributed by atoms with E-state index in [1.807, 2.05) is 20.8 Å². The molecule has 1 saturated carbocycles. The fraction of sp³-hybridized carbons (Fsp3) is 0.938. The summed E-state index contributed by atoms with van der Waals surface area (Å²) < 4.78 is 11.1. The highest BCUT2D eigenvalue weighted by Crippen LogP contribution is 2.28. The largest absolute Gasteiger partial charge is 0.465 e. The predicted octanol–water partition coefficient (Wildman–Crippen LogP) is 2.90. The number of carbonyl (C=O) groups excluding carboxylic acids is 1. The molecule has 1 rings (SSSR count). The minimum atomic E-state index is -0.350. The number of ether oxygens (including phenoxy) is 2. The van der Waals surface area contributed by atoms with E-state index in [0.717, 1.165) is 18.8 Å². The standard InChI is InChI=1S/C16H31NO3/c1-5-13-8-7-9-14(10-13)20-11-15(17-12(3)4)16(18)19-6-2/h12-15,17H,5-11H2,1-4H3. The van der Waals surface area contributed by atoms with Crippen LogP contribution in [0.15, 0.2) is 0 Å². The van der Waals surface area contributed by atoms with Crippen LogP contribution in [0.5, 0.6) is 0 Å². The summed E-state index contributed by atoms with van der Waals surface area (Å²) in [5.74, 6) is 0.580. The van der Waals surface area contributed by atoms with E-state index in [9.17, 15) is 4.79 Å². The highest BCUT2D eigenvalue weighted by atomic mass is 16.5. The predicted molar refractivity (Wildman–Crippen MR) is 80.7 cm³/mol. The Labute approximate surface area is 123 Å². The summed E-state index contributed by atoms with van der Waals surface area (Å²) in [4.78, 5) is 11.9. The van der Waals surface area contributed by atoms with Crippen molar-refractivity contribution in [3.05, 3.63) is 0 Å². The van der Waals surface area contributed by atoms with Gasteiger partial charge in [0.25, 0.3) is 0 Å². The van der Waals surface area contributed by atoms with Gasteiger partial charge in [-0.05, 0) is 25.7 Å². The first-order valence-electron chi connectivity index (χ1n) is 8.11. The maximum Gasteiger partial charge on any atom is 0.325 e. The molecule has 0 radical (unpaired) electrons. The lowest BCUT2D eigenvalue weighted by Crippen LogP contribution is -2.46. The minimum Gasteiger partial charge on any atom is -0.465 e. The number of nitrogens with one attached hydrogen (secondary N) is 1. The van der Waals surface area contributed by atoms with Crippen LogP contribution in [0.2, 0.25) is 0 Å². The highest BCUT2D eigenvalue weighted by Gasteiger charge is 2.25. The number of hydrogen-bond acceptors (Lipinski definition) is 4. The molecule has 4 nitrogen and oxygen atoms in total. The molecule has 0 aromatic rings. The van der Waals surface area contributed by atoms with Crippen molar-refractivity contribution in [2.75, 3.05) is 13.2 Å². The van der Waals surface area contributed by atoms with Crippen LogP contribution in [0.25, 0.3) is 0 Å². The summed E-state index contributed by atoms with van der Waals surface area (Å²) in [6, 6.07) is -0.111. The third kappa shape index (κ3) is 6.23. The second-order valence-electron chi connectivity index (χ2n) is 6.02. The number of rotatable bonds is 8. The van der Waals surface area contributed by atoms with Crippen molar-refractivity contribution in [1.82, 2.24) is 5.32 Å². The molecule has 118 valence electrons. The van der Waals surface area contributed by atoms with E-state index in [0.29, 0.717) is 19.3 Å². The molecule has 20 heavy (non-hydrogen) atoms. The van der Waals surface area contributed by atoms with Gasteiger partial charge in [0.2, 0.25) is 0 Å². The van der Waals surface area contributed by atoms with Crippen molar-refractivity contribution in [2.24, 2.45) is 5.92 Å². The van der Waals surface area contributed by atoms with Crippen LogP contribution in [-0.2, 0) is 14.3 Å². The van der Waals surface area contributed by atoms with Crippen LogP contribution in [-0.4, -0.2) is 37.4 Å². The Balaban J connectivity index is 2.42. The average molecular weight is 285 g/mol. The monoisotopic (exact) mass is 285 g/mol. The Morgan fingerprint density at radius 3 is 2.65 bits per heavy atom. The van der Waals surface area contributed by atoms with Gasteiger partial charge in [-0.1, -0.05) is 40.0 Å². The zero-order chi connectivity index (χ0) is 15.0. The zero-order valence-corrected chi connectivity index (χ0v) is 13.5. The Kier molecular flexibility index (Phi) is 8.15. The summed E-state index contributed by atoms with van der Waals surface area (Å²) >= 11 is 0.